The number of amides is 1. The molecule has 0 spiro atoms. The van der Waals surface area contributed by atoms with Gasteiger partial charge in [0, 0.05) is 38.4 Å². The third-order valence-corrected chi connectivity index (χ3v) is 4.88. The molecule has 1 aliphatic rings. The summed E-state index contributed by atoms with van der Waals surface area (Å²) in [6.45, 7) is 18.1. The Labute approximate surface area is 217 Å². The minimum atomic E-state index is -0.137. The van der Waals surface area contributed by atoms with E-state index in [0.717, 1.165) is 26.0 Å². The van der Waals surface area contributed by atoms with E-state index in [-0.39, 0.29) is 34.6 Å². The van der Waals surface area contributed by atoms with Crippen LogP contribution in [0.5, 0.6) is 11.5 Å². The van der Waals surface area contributed by atoms with E-state index in [1.165, 1.54) is 24.8 Å². The van der Waals surface area contributed by atoms with Gasteiger partial charge in [-0.25, -0.2) is 0 Å². The van der Waals surface area contributed by atoms with E-state index >= 15 is 0 Å². The fourth-order valence-corrected chi connectivity index (χ4v) is 3.03. The molecule has 0 radical (unpaired) electrons. The maximum atomic E-state index is 10.6. The second-order valence-corrected chi connectivity index (χ2v) is 8.75. The van der Waals surface area contributed by atoms with Gasteiger partial charge in [-0.2, -0.15) is 0 Å². The Morgan fingerprint density at radius 1 is 1.19 bits per heavy atom. The highest BCUT2D eigenvalue weighted by atomic mass is 16.7. The lowest BCUT2D eigenvalue weighted by Crippen LogP contribution is -2.33. The number of hydrogen-bond acceptors (Lipinski definition) is 8. The summed E-state index contributed by atoms with van der Waals surface area (Å²) in [5, 5.41) is 11.6. The number of nitrogens with zero attached hydrogens (tertiary/aromatic N) is 1. The van der Waals surface area contributed by atoms with Gasteiger partial charge in [0.25, 0.3) is 0 Å². The van der Waals surface area contributed by atoms with Crippen molar-refractivity contribution >= 4 is 18.4 Å². The van der Waals surface area contributed by atoms with Crippen LogP contribution in [0.3, 0.4) is 0 Å². The topological polar surface area (TPSA) is 107 Å². The van der Waals surface area contributed by atoms with Crippen LogP contribution in [-0.4, -0.2) is 82.2 Å². The van der Waals surface area contributed by atoms with Crippen LogP contribution < -0.4 is 10.1 Å². The molecular weight excluding hydrogens is 464 g/mol. The number of likely N-dealkylation sites (tertiary alicyclic amines) is 1. The van der Waals surface area contributed by atoms with Crippen LogP contribution >= 0.6 is 0 Å². The van der Waals surface area contributed by atoms with E-state index in [9.17, 15) is 14.7 Å². The average molecular weight is 513 g/mol. The maximum Gasteiger partial charge on any atom is 0.211 e. The predicted octanol–water partition coefficient (Wildman–Crippen LogP) is 4.88. The fourth-order valence-electron chi connectivity index (χ4n) is 3.03. The number of phenols is 1. The molecule has 0 saturated carbocycles. The van der Waals surface area contributed by atoms with Gasteiger partial charge in [-0.1, -0.05) is 32.9 Å². The molecule has 2 N–H and O–H groups in total. The van der Waals surface area contributed by atoms with Crippen LogP contribution in [0.1, 0.15) is 64.7 Å². The van der Waals surface area contributed by atoms with Crippen molar-refractivity contribution in [2.75, 3.05) is 46.8 Å². The molecular formula is C27H48N2O7. The van der Waals surface area contributed by atoms with Crippen LogP contribution in [-0.2, 0) is 19.0 Å². The molecule has 1 unspecified atom stereocenters. The van der Waals surface area contributed by atoms with Gasteiger partial charge >= 0.3 is 0 Å². The molecule has 2 rings (SSSR count). The number of phenolic OH excluding ortho intramolecular Hbond substituents is 1. The number of methoxy groups -OCH3 is 3. The van der Waals surface area contributed by atoms with Crippen molar-refractivity contribution in [2.24, 2.45) is 0 Å². The minimum absolute atomic E-state index is 0.0139. The van der Waals surface area contributed by atoms with Crippen molar-refractivity contribution in [1.82, 2.24) is 4.90 Å². The molecule has 1 heterocycles. The van der Waals surface area contributed by atoms with Crippen molar-refractivity contribution in [3.05, 3.63) is 29.8 Å². The van der Waals surface area contributed by atoms with Crippen molar-refractivity contribution in [1.29, 1.82) is 0 Å². The smallest absolute Gasteiger partial charge is 0.211 e. The first-order valence-electron chi connectivity index (χ1n) is 12.1. The lowest BCUT2D eigenvalue weighted by Gasteiger charge is -2.25. The van der Waals surface area contributed by atoms with Crippen LogP contribution in [0.25, 0.3) is 0 Å². The first-order chi connectivity index (χ1) is 17.0. The van der Waals surface area contributed by atoms with E-state index in [0.29, 0.717) is 18.7 Å². The van der Waals surface area contributed by atoms with E-state index in [2.05, 4.69) is 44.6 Å². The van der Waals surface area contributed by atoms with Crippen LogP contribution in [0.2, 0.25) is 0 Å². The van der Waals surface area contributed by atoms with E-state index in [1.807, 2.05) is 20.8 Å². The number of aldehydes is 1. The Hall–Kier alpha value is -2.46. The standard InChI is InChI=1S/C11H21NO.C9H9NO4.C5H12O2.C2H6/c1-9-6-10(12(5)7-9)8-13-11(2,3)4;1-14-9-2-6(4-11)7(10-5-12)3-8(9)13;1-4-5(6-2)7-3;1-2/h10H,1,6-8H2,2-5H3;2-5,13H,1H3,(H,10,12);5H,4H2,1-3H3;1-2H3. The molecule has 1 aromatic carbocycles. The fraction of sp³-hybridized carbons (Fsp3) is 0.630. The molecule has 1 aromatic rings. The zero-order valence-electron chi connectivity index (χ0n) is 23.8. The molecule has 9 heteroatoms. The first-order valence-corrected chi connectivity index (χ1v) is 12.1. The summed E-state index contributed by atoms with van der Waals surface area (Å²) in [6.07, 6.45) is 2.97. The van der Waals surface area contributed by atoms with E-state index in [1.54, 1.807) is 14.2 Å². The Bertz CT molecular complexity index is 754. The number of carbonyl (C=O) groups is 2. The van der Waals surface area contributed by atoms with Crippen molar-refractivity contribution in [3.63, 3.8) is 0 Å². The summed E-state index contributed by atoms with van der Waals surface area (Å²) in [4.78, 5) is 23.1. The number of rotatable bonds is 9. The molecule has 0 bridgehead atoms. The third kappa shape index (κ3) is 14.8. The van der Waals surface area contributed by atoms with Crippen LogP contribution in [0.15, 0.2) is 24.3 Å². The van der Waals surface area contributed by atoms with Crippen molar-refractivity contribution in [3.8, 4) is 11.5 Å². The number of nitrogens with one attached hydrogen (secondary N) is 1. The number of benzene rings is 1. The molecule has 0 aromatic heterocycles. The number of likely N-dealkylation sites (N-methyl/N-ethyl adjacent to an activating group) is 1. The predicted molar refractivity (Wildman–Crippen MR) is 145 cm³/mol. The molecule has 9 nitrogen and oxygen atoms in total. The monoisotopic (exact) mass is 512 g/mol. The van der Waals surface area contributed by atoms with Gasteiger partial charge < -0.3 is 29.4 Å². The van der Waals surface area contributed by atoms with Crippen LogP contribution in [0.4, 0.5) is 5.69 Å². The Kier molecular flexibility index (Phi) is 19.5. The van der Waals surface area contributed by atoms with Crippen molar-refractivity contribution < 1.29 is 33.6 Å². The second-order valence-electron chi connectivity index (χ2n) is 8.75. The minimum Gasteiger partial charge on any atom is -0.504 e. The van der Waals surface area contributed by atoms with Gasteiger partial charge in [-0.05, 0) is 46.7 Å². The summed E-state index contributed by atoms with van der Waals surface area (Å²) in [7, 11) is 6.78. The van der Waals surface area contributed by atoms with E-state index < -0.39 is 0 Å². The molecule has 1 amide bonds. The van der Waals surface area contributed by atoms with Gasteiger partial charge in [0.1, 0.15) is 0 Å². The van der Waals surface area contributed by atoms with Gasteiger partial charge in [-0.15, -0.1) is 0 Å². The molecule has 1 aliphatic heterocycles. The van der Waals surface area contributed by atoms with Crippen molar-refractivity contribution in [2.45, 2.75) is 72.3 Å². The number of carbonyl (C=O) groups excluding carboxylic acids is 2. The van der Waals surface area contributed by atoms with Gasteiger partial charge in [-0.3, -0.25) is 14.5 Å². The van der Waals surface area contributed by atoms with Gasteiger partial charge in [0.2, 0.25) is 6.41 Å². The average Bonchev–Trinajstić information content (AvgIpc) is 3.18. The summed E-state index contributed by atoms with van der Waals surface area (Å²) in [6, 6.07) is 3.12. The number of hydrogen-bond donors (Lipinski definition) is 2. The highest BCUT2D eigenvalue weighted by molar-refractivity contribution is 5.90. The molecule has 1 fully saturated rings. The Morgan fingerprint density at radius 2 is 1.78 bits per heavy atom. The van der Waals surface area contributed by atoms with Gasteiger partial charge in [0.05, 0.1) is 25.0 Å². The quantitative estimate of drug-likeness (QED) is 0.274. The Balaban J connectivity index is 0. The first kappa shape index (κ1) is 35.7. The number of aromatic hydroxyl groups is 1. The maximum absolute atomic E-state index is 10.6. The summed E-state index contributed by atoms with van der Waals surface area (Å²) < 4.78 is 20.2. The highest BCUT2D eigenvalue weighted by Crippen LogP contribution is 2.31. The largest absolute Gasteiger partial charge is 0.504 e. The summed E-state index contributed by atoms with van der Waals surface area (Å²) >= 11 is 0. The van der Waals surface area contributed by atoms with Gasteiger partial charge in [0.15, 0.2) is 24.1 Å². The SMILES string of the molecule is C=C1CC(COC(C)(C)C)N(C)C1.CC.CCC(OC)OC.COc1cc(C=O)c(NC=O)cc1O. The normalized spacial score (nSPS) is 15.0. The lowest BCUT2D eigenvalue weighted by atomic mass is 10.1. The Morgan fingerprint density at radius 3 is 2.11 bits per heavy atom. The molecule has 1 atom stereocenters. The highest BCUT2D eigenvalue weighted by Gasteiger charge is 2.25. The molecule has 208 valence electrons. The summed E-state index contributed by atoms with van der Waals surface area (Å²) in [5.41, 5.74) is 1.79. The molecule has 1 saturated heterocycles. The zero-order chi connectivity index (χ0) is 28.3. The summed E-state index contributed by atoms with van der Waals surface area (Å²) in [5.74, 6) is 0.0472. The van der Waals surface area contributed by atoms with E-state index in [4.69, 9.17) is 18.9 Å². The molecule has 0 aliphatic carbocycles. The second kappa shape index (κ2) is 19.7. The lowest BCUT2D eigenvalue weighted by molar-refractivity contribution is -0.105. The third-order valence-electron chi connectivity index (χ3n) is 4.88. The van der Waals surface area contributed by atoms with Crippen LogP contribution in [0, 0.1) is 0 Å². The zero-order valence-corrected chi connectivity index (χ0v) is 23.8. The number of anilines is 1. The number of ether oxygens (including phenoxy) is 4. The molecule has 36 heavy (non-hydrogen) atoms.